The number of carbonyl (C=O) groups is 1. The molecule has 1 atom stereocenters. The molecule has 1 aliphatic rings. The zero-order chi connectivity index (χ0) is 15.5. The number of anilines is 1. The third-order valence-electron chi connectivity index (χ3n) is 4.20. The zero-order valence-electron chi connectivity index (χ0n) is 13.2. The van der Waals surface area contributed by atoms with Crippen molar-refractivity contribution in [3.8, 4) is 0 Å². The number of aliphatic hydroxyl groups is 1. The number of hydrogen-bond acceptors (Lipinski definition) is 3. The predicted octanol–water partition coefficient (Wildman–Crippen LogP) is 2.74. The predicted molar refractivity (Wildman–Crippen MR) is 85.5 cm³/mol. The largest absolute Gasteiger partial charge is 0.390 e. The SMILES string of the molecule is CCCNc1ccccc1C(=O)N1CC[C@@H](C(C)(C)O)C1. The lowest BCUT2D eigenvalue weighted by molar-refractivity contribution is 0.0211. The number of nitrogens with one attached hydrogen (secondary N) is 1. The summed E-state index contributed by atoms with van der Waals surface area (Å²) in [6, 6.07) is 7.66. The molecular formula is C17H26N2O2. The summed E-state index contributed by atoms with van der Waals surface area (Å²) in [6.07, 6.45) is 1.88. The van der Waals surface area contributed by atoms with Gasteiger partial charge in [-0.15, -0.1) is 0 Å². The number of rotatable bonds is 5. The van der Waals surface area contributed by atoms with Crippen LogP contribution in [0.2, 0.25) is 0 Å². The Hall–Kier alpha value is -1.55. The first-order valence-corrected chi connectivity index (χ1v) is 7.78. The summed E-state index contributed by atoms with van der Waals surface area (Å²) < 4.78 is 0. The van der Waals surface area contributed by atoms with Crippen molar-refractivity contribution < 1.29 is 9.90 Å². The first-order valence-electron chi connectivity index (χ1n) is 7.78. The highest BCUT2D eigenvalue weighted by Crippen LogP contribution is 2.29. The third-order valence-corrected chi connectivity index (χ3v) is 4.20. The van der Waals surface area contributed by atoms with Crippen LogP contribution in [0.3, 0.4) is 0 Å². The summed E-state index contributed by atoms with van der Waals surface area (Å²) >= 11 is 0. The first-order chi connectivity index (χ1) is 9.93. The molecule has 1 aromatic carbocycles. The van der Waals surface area contributed by atoms with E-state index in [9.17, 15) is 9.90 Å². The van der Waals surface area contributed by atoms with E-state index in [1.807, 2.05) is 43.0 Å². The van der Waals surface area contributed by atoms with Crippen LogP contribution >= 0.6 is 0 Å². The Bertz CT molecular complexity index is 494. The fraction of sp³-hybridized carbons (Fsp3) is 0.588. The van der Waals surface area contributed by atoms with Crippen LogP contribution in [0, 0.1) is 5.92 Å². The number of hydrogen-bond donors (Lipinski definition) is 2. The van der Waals surface area contributed by atoms with Crippen LogP contribution < -0.4 is 5.32 Å². The molecule has 4 heteroatoms. The van der Waals surface area contributed by atoms with Gasteiger partial charge in [-0.2, -0.15) is 0 Å². The van der Waals surface area contributed by atoms with Gasteiger partial charge in [0.1, 0.15) is 0 Å². The van der Waals surface area contributed by atoms with Crippen molar-refractivity contribution >= 4 is 11.6 Å². The highest BCUT2D eigenvalue weighted by atomic mass is 16.3. The maximum atomic E-state index is 12.7. The lowest BCUT2D eigenvalue weighted by Gasteiger charge is -2.26. The summed E-state index contributed by atoms with van der Waals surface area (Å²) in [6.45, 7) is 7.95. The van der Waals surface area contributed by atoms with Gasteiger partial charge >= 0.3 is 0 Å². The molecule has 1 aliphatic heterocycles. The molecule has 0 aromatic heterocycles. The van der Waals surface area contributed by atoms with E-state index in [4.69, 9.17) is 0 Å². The van der Waals surface area contributed by atoms with Gasteiger partial charge < -0.3 is 15.3 Å². The molecule has 0 radical (unpaired) electrons. The van der Waals surface area contributed by atoms with Crippen LogP contribution in [-0.4, -0.2) is 41.1 Å². The zero-order valence-corrected chi connectivity index (χ0v) is 13.2. The van der Waals surface area contributed by atoms with E-state index >= 15 is 0 Å². The molecule has 1 aromatic rings. The van der Waals surface area contributed by atoms with Gasteiger partial charge in [-0.05, 0) is 38.8 Å². The average Bonchev–Trinajstić information content (AvgIpc) is 2.94. The van der Waals surface area contributed by atoms with Crippen molar-refractivity contribution in [3.63, 3.8) is 0 Å². The molecule has 1 fully saturated rings. The molecule has 0 unspecified atom stereocenters. The van der Waals surface area contributed by atoms with Crippen LogP contribution in [0.15, 0.2) is 24.3 Å². The second-order valence-corrected chi connectivity index (χ2v) is 6.36. The number of para-hydroxylation sites is 1. The van der Waals surface area contributed by atoms with Crippen LogP contribution in [0.5, 0.6) is 0 Å². The van der Waals surface area contributed by atoms with E-state index in [0.29, 0.717) is 6.54 Å². The maximum absolute atomic E-state index is 12.7. The molecular weight excluding hydrogens is 264 g/mol. The molecule has 4 nitrogen and oxygen atoms in total. The van der Waals surface area contributed by atoms with Crippen LogP contribution in [-0.2, 0) is 0 Å². The molecule has 0 aliphatic carbocycles. The summed E-state index contributed by atoms with van der Waals surface area (Å²) in [4.78, 5) is 14.6. The standard InChI is InChI=1S/C17H26N2O2/c1-4-10-18-15-8-6-5-7-14(15)16(20)19-11-9-13(12-19)17(2,3)21/h5-8,13,18,21H,4,9-12H2,1-3H3/t13-/m1/s1. The van der Waals surface area contributed by atoms with E-state index in [2.05, 4.69) is 12.2 Å². The Balaban J connectivity index is 2.11. The monoisotopic (exact) mass is 290 g/mol. The molecule has 2 rings (SSSR count). The molecule has 1 heterocycles. The molecule has 2 N–H and O–H groups in total. The number of likely N-dealkylation sites (tertiary alicyclic amines) is 1. The molecule has 1 saturated heterocycles. The van der Waals surface area contributed by atoms with Gasteiger partial charge in [0.25, 0.3) is 5.91 Å². The summed E-state index contributed by atoms with van der Waals surface area (Å²) in [5.41, 5.74) is 0.896. The van der Waals surface area contributed by atoms with Crippen molar-refractivity contribution in [1.82, 2.24) is 4.90 Å². The van der Waals surface area contributed by atoms with Crippen LogP contribution in [0.25, 0.3) is 0 Å². The number of amides is 1. The van der Waals surface area contributed by atoms with Gasteiger partial charge in [0.05, 0.1) is 11.2 Å². The van der Waals surface area contributed by atoms with Gasteiger partial charge in [0.15, 0.2) is 0 Å². The van der Waals surface area contributed by atoms with Gasteiger partial charge in [-0.1, -0.05) is 19.1 Å². The highest BCUT2D eigenvalue weighted by molar-refractivity contribution is 5.99. The molecule has 21 heavy (non-hydrogen) atoms. The Morgan fingerprint density at radius 3 is 2.76 bits per heavy atom. The van der Waals surface area contributed by atoms with Crippen molar-refractivity contribution in [2.75, 3.05) is 25.0 Å². The molecule has 0 bridgehead atoms. The topological polar surface area (TPSA) is 52.6 Å². The maximum Gasteiger partial charge on any atom is 0.255 e. The molecule has 1 amide bonds. The minimum Gasteiger partial charge on any atom is -0.390 e. The van der Waals surface area contributed by atoms with Crippen LogP contribution in [0.1, 0.15) is 44.0 Å². The lowest BCUT2D eigenvalue weighted by atomic mass is 9.90. The quantitative estimate of drug-likeness (QED) is 0.876. The van der Waals surface area contributed by atoms with Gasteiger partial charge in [-0.25, -0.2) is 0 Å². The van der Waals surface area contributed by atoms with E-state index in [-0.39, 0.29) is 11.8 Å². The smallest absolute Gasteiger partial charge is 0.255 e. The third kappa shape index (κ3) is 3.76. The van der Waals surface area contributed by atoms with Crippen LogP contribution in [0.4, 0.5) is 5.69 Å². The first kappa shape index (κ1) is 15.8. The summed E-state index contributed by atoms with van der Waals surface area (Å²) in [5, 5.41) is 13.4. The van der Waals surface area contributed by atoms with Crippen molar-refractivity contribution in [3.05, 3.63) is 29.8 Å². The number of carbonyl (C=O) groups excluding carboxylic acids is 1. The second kappa shape index (κ2) is 6.48. The van der Waals surface area contributed by atoms with E-state index in [0.717, 1.165) is 37.2 Å². The Kier molecular flexibility index (Phi) is 4.88. The fourth-order valence-corrected chi connectivity index (χ4v) is 2.78. The van der Waals surface area contributed by atoms with Crippen molar-refractivity contribution in [1.29, 1.82) is 0 Å². The number of benzene rings is 1. The van der Waals surface area contributed by atoms with Gasteiger partial charge in [0.2, 0.25) is 0 Å². The summed E-state index contributed by atoms with van der Waals surface area (Å²) in [7, 11) is 0. The van der Waals surface area contributed by atoms with Crippen molar-refractivity contribution in [2.24, 2.45) is 5.92 Å². The molecule has 116 valence electrons. The summed E-state index contributed by atoms with van der Waals surface area (Å²) in [5.74, 6) is 0.207. The van der Waals surface area contributed by atoms with Gasteiger partial charge in [0, 0.05) is 31.2 Å². The Labute approximate surface area is 127 Å². The molecule has 0 spiro atoms. The van der Waals surface area contributed by atoms with E-state index in [1.165, 1.54) is 0 Å². The second-order valence-electron chi connectivity index (χ2n) is 6.36. The number of nitrogens with zero attached hydrogens (tertiary/aromatic N) is 1. The fourth-order valence-electron chi connectivity index (χ4n) is 2.78. The average molecular weight is 290 g/mol. The lowest BCUT2D eigenvalue weighted by Crippen LogP contribution is -2.35. The highest BCUT2D eigenvalue weighted by Gasteiger charge is 2.35. The Morgan fingerprint density at radius 2 is 2.14 bits per heavy atom. The van der Waals surface area contributed by atoms with Gasteiger partial charge in [-0.3, -0.25) is 4.79 Å². The minimum absolute atomic E-state index is 0.0564. The van der Waals surface area contributed by atoms with Crippen molar-refractivity contribution in [2.45, 2.75) is 39.2 Å². The van der Waals surface area contributed by atoms with E-state index < -0.39 is 5.60 Å². The van der Waals surface area contributed by atoms with E-state index in [1.54, 1.807) is 0 Å². The minimum atomic E-state index is -0.727. The molecule has 0 saturated carbocycles. The normalized spacial score (nSPS) is 18.9. The Morgan fingerprint density at radius 1 is 1.43 bits per heavy atom.